The Labute approximate surface area is 141 Å². The summed E-state index contributed by atoms with van der Waals surface area (Å²) in [6.45, 7) is 3.88. The zero-order chi connectivity index (χ0) is 15.9. The van der Waals surface area contributed by atoms with Crippen LogP contribution in [0.15, 0.2) is 24.5 Å². The molecule has 2 aromatic heterocycles. The van der Waals surface area contributed by atoms with Crippen molar-refractivity contribution in [3.63, 3.8) is 0 Å². The van der Waals surface area contributed by atoms with Crippen molar-refractivity contribution in [2.24, 2.45) is 0 Å². The fourth-order valence-corrected chi connectivity index (χ4v) is 4.32. The largest absolute Gasteiger partial charge is 0.349 e. The van der Waals surface area contributed by atoms with Gasteiger partial charge in [0.05, 0.1) is 5.69 Å². The molecular formula is C18H22N6. The van der Waals surface area contributed by atoms with Crippen molar-refractivity contribution in [2.45, 2.75) is 44.4 Å². The average Bonchev–Trinajstić information content (AvgIpc) is 3.18. The number of nitrogens with one attached hydrogen (secondary N) is 2. The maximum Gasteiger partial charge on any atom is 0.163 e. The molecule has 2 aromatic rings. The Morgan fingerprint density at radius 1 is 1.04 bits per heavy atom. The molecule has 6 nitrogen and oxygen atoms in total. The van der Waals surface area contributed by atoms with Crippen molar-refractivity contribution in [2.75, 3.05) is 18.0 Å². The van der Waals surface area contributed by atoms with Crippen molar-refractivity contribution in [1.82, 2.24) is 25.6 Å². The summed E-state index contributed by atoms with van der Waals surface area (Å²) >= 11 is 0. The number of aromatic nitrogens is 3. The lowest BCUT2D eigenvalue weighted by molar-refractivity contribution is 0.567. The Hall–Kier alpha value is -2.05. The van der Waals surface area contributed by atoms with E-state index in [1.54, 1.807) is 6.20 Å². The molecule has 3 aliphatic rings. The highest BCUT2D eigenvalue weighted by Crippen LogP contribution is 2.37. The first-order chi connectivity index (χ1) is 11.9. The van der Waals surface area contributed by atoms with Gasteiger partial charge in [0.2, 0.25) is 0 Å². The van der Waals surface area contributed by atoms with Crippen molar-refractivity contribution in [3.8, 4) is 11.4 Å². The lowest BCUT2D eigenvalue weighted by atomic mass is 10.1. The maximum absolute atomic E-state index is 5.03. The first-order valence-electron chi connectivity index (χ1n) is 8.90. The van der Waals surface area contributed by atoms with E-state index < -0.39 is 0 Å². The van der Waals surface area contributed by atoms with E-state index in [1.165, 1.54) is 24.8 Å². The quantitative estimate of drug-likeness (QED) is 0.873. The van der Waals surface area contributed by atoms with Gasteiger partial charge in [-0.3, -0.25) is 4.98 Å². The normalized spacial score (nSPS) is 25.6. The van der Waals surface area contributed by atoms with Crippen LogP contribution in [-0.4, -0.2) is 40.1 Å². The molecule has 2 bridgehead atoms. The minimum Gasteiger partial charge on any atom is -0.349 e. The van der Waals surface area contributed by atoms with Gasteiger partial charge in [0.25, 0.3) is 0 Å². The van der Waals surface area contributed by atoms with Gasteiger partial charge in [-0.15, -0.1) is 0 Å². The Morgan fingerprint density at radius 3 is 2.92 bits per heavy atom. The van der Waals surface area contributed by atoms with Crippen LogP contribution in [-0.2, 0) is 13.1 Å². The summed E-state index contributed by atoms with van der Waals surface area (Å²) in [5, 5.41) is 7.03. The van der Waals surface area contributed by atoms with Crippen LogP contribution in [0.5, 0.6) is 0 Å². The van der Waals surface area contributed by atoms with E-state index in [1.807, 2.05) is 18.3 Å². The standard InChI is InChI=1S/C18H22N6/c1-2-12(8-19-6-1)17-22-16-11-21-10-15(16)18(23-17)24-13-3-4-14(24)9-20-7-5-13/h1-2,6,8,13-14,20-21H,3-5,7,9-11H2/t13-,14+/m1/s1. The van der Waals surface area contributed by atoms with Gasteiger partial charge >= 0.3 is 0 Å². The molecular weight excluding hydrogens is 300 g/mol. The zero-order valence-corrected chi connectivity index (χ0v) is 13.7. The predicted octanol–water partition coefficient (Wildman–Crippen LogP) is 1.47. The molecule has 0 saturated carbocycles. The van der Waals surface area contributed by atoms with Gasteiger partial charge in [0.1, 0.15) is 5.82 Å². The summed E-state index contributed by atoms with van der Waals surface area (Å²) in [5.41, 5.74) is 3.44. The first-order valence-corrected chi connectivity index (χ1v) is 8.90. The molecule has 5 rings (SSSR count). The number of fused-ring (bicyclic) bond motifs is 3. The van der Waals surface area contributed by atoms with Gasteiger partial charge in [0, 0.05) is 55.2 Å². The van der Waals surface area contributed by atoms with Gasteiger partial charge < -0.3 is 15.5 Å². The van der Waals surface area contributed by atoms with Crippen LogP contribution < -0.4 is 15.5 Å². The monoisotopic (exact) mass is 322 g/mol. The summed E-state index contributed by atoms with van der Waals surface area (Å²) in [5.74, 6) is 1.96. The van der Waals surface area contributed by atoms with Crippen LogP contribution in [0.3, 0.4) is 0 Å². The molecule has 0 spiro atoms. The van der Waals surface area contributed by atoms with Crippen LogP contribution in [0.25, 0.3) is 11.4 Å². The van der Waals surface area contributed by atoms with Crippen LogP contribution in [0.2, 0.25) is 0 Å². The van der Waals surface area contributed by atoms with E-state index in [0.29, 0.717) is 12.1 Å². The Balaban J connectivity index is 1.64. The highest BCUT2D eigenvalue weighted by molar-refractivity contribution is 5.61. The van der Waals surface area contributed by atoms with Crippen LogP contribution >= 0.6 is 0 Å². The number of anilines is 1. The fraction of sp³-hybridized carbons (Fsp3) is 0.500. The second-order valence-electron chi connectivity index (χ2n) is 6.93. The number of hydrogen-bond donors (Lipinski definition) is 2. The minimum absolute atomic E-state index is 0.554. The summed E-state index contributed by atoms with van der Waals surface area (Å²) in [7, 11) is 0. The van der Waals surface area contributed by atoms with Crippen molar-refractivity contribution >= 4 is 5.82 Å². The molecule has 5 heterocycles. The third-order valence-electron chi connectivity index (χ3n) is 5.48. The first kappa shape index (κ1) is 14.3. The van der Waals surface area contributed by atoms with E-state index >= 15 is 0 Å². The summed E-state index contributed by atoms with van der Waals surface area (Å²) < 4.78 is 0. The van der Waals surface area contributed by atoms with Crippen LogP contribution in [0.4, 0.5) is 5.82 Å². The van der Waals surface area contributed by atoms with Gasteiger partial charge in [-0.25, -0.2) is 9.97 Å². The Bertz CT molecular complexity index is 733. The molecule has 0 unspecified atom stereocenters. The number of pyridine rings is 1. The minimum atomic E-state index is 0.554. The highest BCUT2D eigenvalue weighted by atomic mass is 15.3. The summed E-state index contributed by atoms with van der Waals surface area (Å²) in [6.07, 6.45) is 7.38. The van der Waals surface area contributed by atoms with Crippen LogP contribution in [0.1, 0.15) is 30.5 Å². The average molecular weight is 322 g/mol. The Kier molecular flexibility index (Phi) is 3.45. The van der Waals surface area contributed by atoms with Gasteiger partial charge in [-0.1, -0.05) is 0 Å². The molecule has 124 valence electrons. The predicted molar refractivity (Wildman–Crippen MR) is 92.6 cm³/mol. The van der Waals surface area contributed by atoms with E-state index in [-0.39, 0.29) is 0 Å². The molecule has 0 aliphatic carbocycles. The van der Waals surface area contributed by atoms with E-state index in [4.69, 9.17) is 9.97 Å². The summed E-state index contributed by atoms with van der Waals surface area (Å²) in [6, 6.07) is 5.15. The third kappa shape index (κ3) is 2.29. The van der Waals surface area contributed by atoms with Crippen molar-refractivity contribution < 1.29 is 0 Å². The van der Waals surface area contributed by atoms with E-state index in [0.717, 1.165) is 49.1 Å². The topological polar surface area (TPSA) is 66.0 Å². The second-order valence-corrected chi connectivity index (χ2v) is 6.93. The van der Waals surface area contributed by atoms with E-state index in [2.05, 4.69) is 20.5 Å². The maximum atomic E-state index is 5.03. The van der Waals surface area contributed by atoms with Crippen LogP contribution in [0, 0.1) is 0 Å². The lowest BCUT2D eigenvalue weighted by Crippen LogP contribution is -2.39. The zero-order valence-electron chi connectivity index (χ0n) is 13.7. The highest BCUT2D eigenvalue weighted by Gasteiger charge is 2.38. The molecule has 2 fully saturated rings. The molecule has 0 aromatic carbocycles. The summed E-state index contributed by atoms with van der Waals surface area (Å²) in [4.78, 5) is 16.7. The molecule has 24 heavy (non-hydrogen) atoms. The fourth-order valence-electron chi connectivity index (χ4n) is 4.32. The van der Waals surface area contributed by atoms with Gasteiger partial charge in [-0.05, 0) is 37.9 Å². The van der Waals surface area contributed by atoms with Gasteiger partial charge in [-0.2, -0.15) is 0 Å². The third-order valence-corrected chi connectivity index (χ3v) is 5.48. The lowest BCUT2D eigenvalue weighted by Gasteiger charge is -2.31. The second kappa shape index (κ2) is 5.79. The van der Waals surface area contributed by atoms with Crippen molar-refractivity contribution in [3.05, 3.63) is 35.8 Å². The number of hydrogen-bond acceptors (Lipinski definition) is 6. The Morgan fingerprint density at radius 2 is 2.00 bits per heavy atom. The SMILES string of the molecule is c1cncc(-c2nc3c(c(N4[C@H]5CCNC[C@@H]4CC5)n2)CNC3)c1. The molecule has 2 N–H and O–H groups in total. The molecule has 2 atom stereocenters. The number of rotatable bonds is 2. The molecule has 2 saturated heterocycles. The smallest absolute Gasteiger partial charge is 0.163 e. The molecule has 6 heteroatoms. The molecule has 0 amide bonds. The molecule has 3 aliphatic heterocycles. The van der Waals surface area contributed by atoms with Crippen molar-refractivity contribution in [1.29, 1.82) is 0 Å². The van der Waals surface area contributed by atoms with Gasteiger partial charge in [0.15, 0.2) is 5.82 Å². The number of nitrogens with zero attached hydrogens (tertiary/aromatic N) is 4. The van der Waals surface area contributed by atoms with E-state index in [9.17, 15) is 0 Å². The molecule has 0 radical (unpaired) electrons.